The molecule has 1 spiro atoms. The minimum atomic E-state index is -0.958. The second-order valence-corrected chi connectivity index (χ2v) is 13.5. The van der Waals surface area contributed by atoms with E-state index in [1.807, 2.05) is 47.4 Å². The molecule has 2 aliphatic carbocycles. The van der Waals surface area contributed by atoms with E-state index in [0.717, 1.165) is 49.2 Å². The summed E-state index contributed by atoms with van der Waals surface area (Å²) < 4.78 is 12.8. The summed E-state index contributed by atoms with van der Waals surface area (Å²) in [6.45, 7) is 6.73. The first-order chi connectivity index (χ1) is 21.4. The normalized spacial score (nSPS) is 28.5. The van der Waals surface area contributed by atoms with Crippen LogP contribution in [0.2, 0.25) is 0 Å². The van der Waals surface area contributed by atoms with Crippen molar-refractivity contribution in [1.29, 1.82) is 0 Å². The number of hydrogen-bond acceptors (Lipinski definition) is 5. The van der Waals surface area contributed by atoms with Gasteiger partial charge in [-0.05, 0) is 73.4 Å². The Kier molecular flexibility index (Phi) is 7.54. The van der Waals surface area contributed by atoms with Crippen molar-refractivity contribution in [2.45, 2.75) is 75.2 Å². The van der Waals surface area contributed by atoms with Gasteiger partial charge in [0.2, 0.25) is 5.91 Å². The third-order valence-corrected chi connectivity index (χ3v) is 10.7. The molecule has 2 heterocycles. The van der Waals surface area contributed by atoms with Gasteiger partial charge in [0.15, 0.2) is 11.5 Å². The summed E-state index contributed by atoms with van der Waals surface area (Å²) in [5, 5.41) is 13.0. The summed E-state index contributed by atoms with van der Waals surface area (Å²) in [7, 11) is 1.69. The van der Waals surface area contributed by atoms with Gasteiger partial charge in [0, 0.05) is 30.8 Å². The zero-order valence-corrected chi connectivity index (χ0v) is 26.1. The van der Waals surface area contributed by atoms with Crippen LogP contribution in [0.25, 0.3) is 6.08 Å². The van der Waals surface area contributed by atoms with E-state index in [0.29, 0.717) is 25.1 Å². The average Bonchev–Trinajstić information content (AvgIpc) is 3.39. The van der Waals surface area contributed by atoms with Gasteiger partial charge in [-0.25, -0.2) is 0 Å². The van der Waals surface area contributed by atoms with Gasteiger partial charge in [0.05, 0.1) is 24.2 Å². The van der Waals surface area contributed by atoms with Crippen LogP contribution in [0.4, 0.5) is 0 Å². The molecule has 4 aliphatic rings. The standard InChI is InChI=1S/C38H44N2O4/c1-26(2)25-40(33(41)17-14-27-10-6-4-7-11-27)30-18-20-38(42)32-24-29-15-16-31(43-3)35-34(29)37(38,36(30)44-35)21-23-39(32)22-19-28-12-8-5-9-13-28/h4-17,26,30,32,36,42H,18-25H2,1-3H3/b17-14+/t30?,32-,36?,37+,38-/m1/s1. The molecule has 2 unspecified atom stereocenters. The molecule has 7 rings (SSSR count). The van der Waals surface area contributed by atoms with E-state index in [-0.39, 0.29) is 30.0 Å². The number of likely N-dealkylation sites (tertiary alicyclic amines) is 1. The number of benzene rings is 3. The van der Waals surface area contributed by atoms with Crippen LogP contribution in [0, 0.1) is 5.92 Å². The monoisotopic (exact) mass is 592 g/mol. The second-order valence-electron chi connectivity index (χ2n) is 13.5. The maximum Gasteiger partial charge on any atom is 0.246 e. The zero-order valence-electron chi connectivity index (χ0n) is 26.1. The Labute approximate surface area is 261 Å². The van der Waals surface area contributed by atoms with Crippen LogP contribution in [-0.2, 0) is 23.1 Å². The molecule has 1 saturated carbocycles. The molecular formula is C38H44N2O4. The molecule has 230 valence electrons. The van der Waals surface area contributed by atoms with Gasteiger partial charge >= 0.3 is 0 Å². The van der Waals surface area contributed by atoms with Crippen molar-refractivity contribution in [2.24, 2.45) is 5.92 Å². The lowest BCUT2D eigenvalue weighted by atomic mass is 9.48. The van der Waals surface area contributed by atoms with Crippen LogP contribution >= 0.6 is 0 Å². The van der Waals surface area contributed by atoms with Crippen LogP contribution < -0.4 is 9.47 Å². The maximum atomic E-state index is 14.0. The number of aliphatic hydroxyl groups is 1. The highest BCUT2D eigenvalue weighted by atomic mass is 16.5. The predicted octanol–water partition coefficient (Wildman–Crippen LogP) is 5.66. The highest BCUT2D eigenvalue weighted by Gasteiger charge is 2.73. The van der Waals surface area contributed by atoms with Crippen molar-refractivity contribution in [3.05, 3.63) is 101 Å². The van der Waals surface area contributed by atoms with E-state index < -0.39 is 11.0 Å². The second kappa shape index (κ2) is 11.4. The van der Waals surface area contributed by atoms with E-state index >= 15 is 0 Å². The minimum absolute atomic E-state index is 0.00575. The molecule has 3 aromatic carbocycles. The van der Waals surface area contributed by atoms with Crippen LogP contribution in [0.15, 0.2) is 78.9 Å². The summed E-state index contributed by atoms with van der Waals surface area (Å²) in [5.41, 5.74) is 3.14. The fraction of sp³-hybridized carbons (Fsp3) is 0.447. The van der Waals surface area contributed by atoms with Crippen molar-refractivity contribution >= 4 is 12.0 Å². The van der Waals surface area contributed by atoms with Crippen molar-refractivity contribution in [2.75, 3.05) is 26.7 Å². The summed E-state index contributed by atoms with van der Waals surface area (Å²) >= 11 is 0. The molecule has 0 aromatic heterocycles. The topological polar surface area (TPSA) is 62.2 Å². The van der Waals surface area contributed by atoms with Crippen LogP contribution in [0.3, 0.4) is 0 Å². The molecule has 3 aromatic rings. The Hall–Kier alpha value is -3.61. The molecule has 5 atom stereocenters. The summed E-state index contributed by atoms with van der Waals surface area (Å²) in [5.74, 6) is 1.77. The molecule has 44 heavy (non-hydrogen) atoms. The molecule has 0 radical (unpaired) electrons. The number of ether oxygens (including phenoxy) is 2. The Balaban J connectivity index is 1.27. The number of piperidine rings is 1. The minimum Gasteiger partial charge on any atom is -0.493 e. The van der Waals surface area contributed by atoms with Gasteiger partial charge in [-0.15, -0.1) is 0 Å². The molecule has 6 heteroatoms. The largest absolute Gasteiger partial charge is 0.493 e. The molecule has 2 aliphatic heterocycles. The fourth-order valence-corrected chi connectivity index (χ4v) is 8.87. The highest BCUT2D eigenvalue weighted by Crippen LogP contribution is 2.66. The molecule has 1 saturated heterocycles. The Morgan fingerprint density at radius 1 is 1.09 bits per heavy atom. The van der Waals surface area contributed by atoms with Gasteiger partial charge < -0.3 is 19.5 Å². The Morgan fingerprint density at radius 3 is 2.57 bits per heavy atom. The predicted molar refractivity (Wildman–Crippen MR) is 173 cm³/mol. The number of carbonyl (C=O) groups is 1. The number of nitrogens with zero attached hydrogens (tertiary/aromatic N) is 2. The van der Waals surface area contributed by atoms with E-state index in [1.54, 1.807) is 13.2 Å². The third kappa shape index (κ3) is 4.57. The Bertz CT molecular complexity index is 1540. The molecule has 6 nitrogen and oxygen atoms in total. The van der Waals surface area contributed by atoms with Gasteiger partial charge in [0.25, 0.3) is 0 Å². The van der Waals surface area contributed by atoms with E-state index in [9.17, 15) is 9.90 Å². The van der Waals surface area contributed by atoms with Crippen LogP contribution in [0.1, 0.15) is 55.4 Å². The first kappa shape index (κ1) is 29.1. The van der Waals surface area contributed by atoms with E-state index in [1.165, 1.54) is 11.1 Å². The highest BCUT2D eigenvalue weighted by molar-refractivity contribution is 5.92. The van der Waals surface area contributed by atoms with Gasteiger partial charge in [-0.2, -0.15) is 0 Å². The van der Waals surface area contributed by atoms with Gasteiger partial charge in [-0.1, -0.05) is 80.6 Å². The van der Waals surface area contributed by atoms with Crippen molar-refractivity contribution in [1.82, 2.24) is 9.80 Å². The van der Waals surface area contributed by atoms with Crippen molar-refractivity contribution in [3.8, 4) is 11.5 Å². The Morgan fingerprint density at radius 2 is 1.84 bits per heavy atom. The quantitative estimate of drug-likeness (QED) is 0.325. The summed E-state index contributed by atoms with van der Waals surface area (Å²) in [6.07, 6.45) is 7.10. The molecule has 1 N–H and O–H groups in total. The fourth-order valence-electron chi connectivity index (χ4n) is 8.87. The SMILES string of the molecule is COc1ccc2c3c1OC1C(N(CC(C)C)C(=O)/C=C/c4ccccc4)CC[C@@]4(O)[C@@H](C2)N(CCc2ccccc2)CC[C@]314. The number of hydrogen-bond donors (Lipinski definition) is 1. The zero-order chi connectivity index (χ0) is 30.5. The summed E-state index contributed by atoms with van der Waals surface area (Å²) in [6, 6.07) is 24.6. The van der Waals surface area contributed by atoms with Crippen molar-refractivity contribution < 1.29 is 19.4 Å². The van der Waals surface area contributed by atoms with Gasteiger partial charge in [0.1, 0.15) is 6.10 Å². The lowest BCUT2D eigenvalue weighted by Gasteiger charge is -2.65. The van der Waals surface area contributed by atoms with Crippen molar-refractivity contribution in [3.63, 3.8) is 0 Å². The van der Waals surface area contributed by atoms with E-state index in [2.05, 4.69) is 55.1 Å². The smallest absolute Gasteiger partial charge is 0.246 e. The lowest BCUT2D eigenvalue weighted by Crippen LogP contribution is -2.78. The summed E-state index contributed by atoms with van der Waals surface area (Å²) in [4.78, 5) is 18.6. The number of amides is 1. The number of carbonyl (C=O) groups excluding carboxylic acids is 1. The first-order valence-corrected chi connectivity index (χ1v) is 16.3. The average molecular weight is 593 g/mol. The molecular weight excluding hydrogens is 548 g/mol. The number of methoxy groups -OCH3 is 1. The molecule has 2 fully saturated rings. The first-order valence-electron chi connectivity index (χ1n) is 16.3. The molecule has 2 bridgehead atoms. The maximum absolute atomic E-state index is 14.0. The van der Waals surface area contributed by atoms with E-state index in [4.69, 9.17) is 9.47 Å². The third-order valence-electron chi connectivity index (χ3n) is 10.7. The van der Waals surface area contributed by atoms with Crippen LogP contribution in [-0.4, -0.2) is 71.3 Å². The van der Waals surface area contributed by atoms with Gasteiger partial charge in [-0.3, -0.25) is 9.69 Å². The lowest BCUT2D eigenvalue weighted by molar-refractivity contribution is -0.201. The van der Waals surface area contributed by atoms with Crippen LogP contribution in [0.5, 0.6) is 11.5 Å². The number of rotatable bonds is 9. The molecule has 1 amide bonds.